The van der Waals surface area contributed by atoms with Crippen molar-refractivity contribution >= 4 is 44.1 Å². The molecule has 5 aromatic rings. The van der Waals surface area contributed by atoms with Crippen molar-refractivity contribution in [2.24, 2.45) is 4.99 Å². The fourth-order valence-corrected chi connectivity index (χ4v) is 6.04. The standard InChI is InChI=1S/C37H31N/c1-4-11-27(24-38-3)28-16-9-18-30-29(28)17-10-19-31(30)37-34-14-7-5-12-32(34)36(26-22-20-25(2)21-23-26)33-13-6-8-15-35(33)37/h4-22,24,26H,1,23H2,2-3H3/b27-11+,38-24?. The van der Waals surface area contributed by atoms with Crippen LogP contribution in [0.4, 0.5) is 0 Å². The second-order valence-electron chi connectivity index (χ2n) is 9.98. The van der Waals surface area contributed by atoms with Crippen molar-refractivity contribution in [3.8, 4) is 11.1 Å². The third kappa shape index (κ3) is 4.01. The third-order valence-corrected chi connectivity index (χ3v) is 7.70. The molecule has 0 aliphatic heterocycles. The van der Waals surface area contributed by atoms with E-state index in [1.54, 1.807) is 0 Å². The minimum absolute atomic E-state index is 0.363. The van der Waals surface area contributed by atoms with Gasteiger partial charge in [-0.05, 0) is 67.9 Å². The highest BCUT2D eigenvalue weighted by Crippen LogP contribution is 2.45. The molecule has 0 spiro atoms. The molecule has 1 unspecified atom stereocenters. The van der Waals surface area contributed by atoms with Crippen LogP contribution in [0.1, 0.15) is 30.4 Å². The summed E-state index contributed by atoms with van der Waals surface area (Å²) in [7, 11) is 1.81. The number of allylic oxidation sites excluding steroid dienone is 7. The minimum atomic E-state index is 0.363. The zero-order chi connectivity index (χ0) is 26.1. The molecule has 6 rings (SSSR count). The lowest BCUT2D eigenvalue weighted by Gasteiger charge is -2.23. The molecule has 0 bridgehead atoms. The van der Waals surface area contributed by atoms with E-state index in [-0.39, 0.29) is 0 Å². The number of benzene rings is 5. The van der Waals surface area contributed by atoms with Crippen molar-refractivity contribution in [1.29, 1.82) is 0 Å². The smallest absolute Gasteiger partial charge is 0.0287 e. The first-order chi connectivity index (χ1) is 18.7. The Kier molecular flexibility index (Phi) is 6.35. The first-order valence-electron chi connectivity index (χ1n) is 13.3. The lowest BCUT2D eigenvalue weighted by molar-refractivity contribution is 0.860. The Morgan fingerprint density at radius 3 is 2.05 bits per heavy atom. The second-order valence-corrected chi connectivity index (χ2v) is 9.98. The van der Waals surface area contributed by atoms with Crippen LogP contribution in [-0.4, -0.2) is 13.3 Å². The van der Waals surface area contributed by atoms with Crippen LogP contribution in [0.15, 0.2) is 132 Å². The Hall–Kier alpha value is -4.49. The van der Waals surface area contributed by atoms with Crippen molar-refractivity contribution in [2.45, 2.75) is 19.3 Å². The number of rotatable bonds is 5. The highest BCUT2D eigenvalue weighted by atomic mass is 14.6. The second kappa shape index (κ2) is 10.1. The Morgan fingerprint density at radius 2 is 1.42 bits per heavy atom. The predicted octanol–water partition coefficient (Wildman–Crippen LogP) is 10.1. The molecule has 1 nitrogen and oxygen atoms in total. The van der Waals surface area contributed by atoms with Gasteiger partial charge in [-0.2, -0.15) is 0 Å². The fourth-order valence-electron chi connectivity index (χ4n) is 6.04. The maximum absolute atomic E-state index is 4.31. The zero-order valence-electron chi connectivity index (χ0n) is 22.0. The molecule has 0 radical (unpaired) electrons. The summed E-state index contributed by atoms with van der Waals surface area (Å²) in [5.74, 6) is 0.363. The van der Waals surface area contributed by atoms with Crippen molar-refractivity contribution in [1.82, 2.24) is 0 Å². The van der Waals surface area contributed by atoms with E-state index >= 15 is 0 Å². The van der Waals surface area contributed by atoms with Crippen molar-refractivity contribution in [3.05, 3.63) is 139 Å². The Labute approximate surface area is 224 Å². The average Bonchev–Trinajstić information content (AvgIpc) is 2.96. The van der Waals surface area contributed by atoms with Crippen molar-refractivity contribution in [2.75, 3.05) is 7.05 Å². The summed E-state index contributed by atoms with van der Waals surface area (Å²) in [5, 5.41) is 7.73. The number of fused-ring (bicyclic) bond motifs is 3. The Balaban J connectivity index is 1.70. The molecular weight excluding hydrogens is 458 g/mol. The zero-order valence-corrected chi connectivity index (χ0v) is 22.0. The molecule has 0 saturated heterocycles. The highest BCUT2D eigenvalue weighted by Gasteiger charge is 2.21. The van der Waals surface area contributed by atoms with Crippen LogP contribution in [0, 0.1) is 0 Å². The third-order valence-electron chi connectivity index (χ3n) is 7.70. The van der Waals surface area contributed by atoms with Crippen LogP contribution in [0.2, 0.25) is 0 Å². The van der Waals surface area contributed by atoms with Gasteiger partial charge in [0.25, 0.3) is 0 Å². The SMILES string of the molecule is C=C/C=C(\C=NC)c1cccc2c(-c3c4ccccc4c(C4C=CC(C)=CC4)c4ccccc34)cccc12. The fraction of sp³-hybridized carbons (Fsp3) is 0.108. The quantitative estimate of drug-likeness (QED) is 0.132. The van der Waals surface area contributed by atoms with Gasteiger partial charge in [0.05, 0.1) is 0 Å². The van der Waals surface area contributed by atoms with Crippen LogP contribution in [0.5, 0.6) is 0 Å². The molecular formula is C37H31N. The molecule has 0 aromatic heterocycles. The topological polar surface area (TPSA) is 12.4 Å². The summed E-state index contributed by atoms with van der Waals surface area (Å²) in [4.78, 5) is 4.31. The van der Waals surface area contributed by atoms with E-state index in [1.165, 1.54) is 54.6 Å². The van der Waals surface area contributed by atoms with E-state index in [0.29, 0.717) is 5.92 Å². The molecule has 1 heteroatoms. The van der Waals surface area contributed by atoms with E-state index in [0.717, 1.165) is 17.6 Å². The number of hydrogen-bond donors (Lipinski definition) is 0. The van der Waals surface area contributed by atoms with Crippen LogP contribution in [-0.2, 0) is 0 Å². The molecule has 0 heterocycles. The minimum Gasteiger partial charge on any atom is -0.296 e. The summed E-state index contributed by atoms with van der Waals surface area (Å²) in [6.45, 7) is 6.11. The van der Waals surface area contributed by atoms with E-state index in [2.05, 4.69) is 122 Å². The monoisotopic (exact) mass is 489 g/mol. The maximum atomic E-state index is 4.31. The van der Waals surface area contributed by atoms with Gasteiger partial charge in [-0.15, -0.1) is 0 Å². The summed E-state index contributed by atoms with van der Waals surface area (Å²) >= 11 is 0. The summed E-state index contributed by atoms with van der Waals surface area (Å²) < 4.78 is 0. The van der Waals surface area contributed by atoms with Gasteiger partial charge in [0, 0.05) is 24.8 Å². The molecule has 5 aromatic carbocycles. The summed E-state index contributed by atoms with van der Waals surface area (Å²) in [6.07, 6.45) is 13.8. The van der Waals surface area contributed by atoms with Crippen LogP contribution in [0.3, 0.4) is 0 Å². The summed E-state index contributed by atoms with van der Waals surface area (Å²) in [6, 6.07) is 31.1. The van der Waals surface area contributed by atoms with Crippen LogP contribution in [0.25, 0.3) is 49.0 Å². The number of aliphatic imine (C=N–C) groups is 1. The van der Waals surface area contributed by atoms with Gasteiger partial charge in [0.15, 0.2) is 0 Å². The normalized spacial score (nSPS) is 16.0. The van der Waals surface area contributed by atoms with Gasteiger partial charge in [-0.1, -0.05) is 127 Å². The molecule has 0 amide bonds. The molecule has 38 heavy (non-hydrogen) atoms. The van der Waals surface area contributed by atoms with Gasteiger partial charge in [-0.3, -0.25) is 4.99 Å². The van der Waals surface area contributed by atoms with Gasteiger partial charge >= 0.3 is 0 Å². The highest BCUT2D eigenvalue weighted by molar-refractivity contribution is 6.21. The number of nitrogens with zero attached hydrogens (tertiary/aromatic N) is 1. The molecule has 1 aliphatic carbocycles. The average molecular weight is 490 g/mol. The van der Waals surface area contributed by atoms with E-state index < -0.39 is 0 Å². The predicted molar refractivity (Wildman–Crippen MR) is 167 cm³/mol. The largest absolute Gasteiger partial charge is 0.296 e. The summed E-state index contributed by atoms with van der Waals surface area (Å²) in [5.41, 5.74) is 7.54. The Bertz CT molecular complexity index is 1770. The molecule has 0 N–H and O–H groups in total. The van der Waals surface area contributed by atoms with Gasteiger partial charge in [0.1, 0.15) is 0 Å². The molecule has 0 fully saturated rings. The molecule has 1 atom stereocenters. The van der Waals surface area contributed by atoms with Gasteiger partial charge in [0.2, 0.25) is 0 Å². The molecule has 184 valence electrons. The van der Waals surface area contributed by atoms with Crippen molar-refractivity contribution in [3.63, 3.8) is 0 Å². The number of hydrogen-bond acceptors (Lipinski definition) is 1. The molecule has 1 aliphatic rings. The first-order valence-corrected chi connectivity index (χ1v) is 13.3. The lowest BCUT2D eigenvalue weighted by Crippen LogP contribution is -2.02. The van der Waals surface area contributed by atoms with Crippen LogP contribution < -0.4 is 0 Å². The Morgan fingerprint density at radius 1 is 0.789 bits per heavy atom. The van der Waals surface area contributed by atoms with Gasteiger partial charge in [-0.25, -0.2) is 0 Å². The van der Waals surface area contributed by atoms with E-state index in [4.69, 9.17) is 0 Å². The first kappa shape index (κ1) is 23.9. The molecule has 0 saturated carbocycles. The van der Waals surface area contributed by atoms with E-state index in [9.17, 15) is 0 Å². The van der Waals surface area contributed by atoms with Crippen molar-refractivity contribution < 1.29 is 0 Å². The van der Waals surface area contributed by atoms with Crippen LogP contribution >= 0.6 is 0 Å². The lowest BCUT2D eigenvalue weighted by atomic mass is 9.80. The van der Waals surface area contributed by atoms with Gasteiger partial charge < -0.3 is 0 Å². The van der Waals surface area contributed by atoms with E-state index in [1.807, 2.05) is 25.4 Å². The maximum Gasteiger partial charge on any atom is 0.0287 e.